The summed E-state index contributed by atoms with van der Waals surface area (Å²) in [5.74, 6) is -0.145. The third-order valence-corrected chi connectivity index (χ3v) is 4.10. The lowest BCUT2D eigenvalue weighted by atomic mass is 10.2. The molecule has 0 atom stereocenters. The summed E-state index contributed by atoms with van der Waals surface area (Å²) in [6.07, 6.45) is 4.75. The van der Waals surface area contributed by atoms with Crippen LogP contribution < -0.4 is 0 Å². The molecule has 0 spiro atoms. The van der Waals surface area contributed by atoms with E-state index in [1.54, 1.807) is 0 Å². The number of hydrogen-bond acceptors (Lipinski definition) is 3. The van der Waals surface area contributed by atoms with E-state index in [2.05, 4.69) is 18.7 Å². The Morgan fingerprint density at radius 2 is 1.88 bits per heavy atom. The maximum atomic E-state index is 11.7. The molecule has 4 heteroatoms. The van der Waals surface area contributed by atoms with Crippen LogP contribution >= 0.6 is 8.15 Å². The average molecular weight is 245 g/mol. The molecule has 0 saturated carbocycles. The van der Waals surface area contributed by atoms with Crippen molar-refractivity contribution in [1.29, 1.82) is 0 Å². The van der Waals surface area contributed by atoms with E-state index in [-0.39, 0.29) is 5.97 Å². The Hall–Kier alpha value is -0.400. The molecule has 0 radical (unpaired) electrons. The Labute approximate surface area is 101 Å². The van der Waals surface area contributed by atoms with Gasteiger partial charge in [0.25, 0.3) is 0 Å². The summed E-state index contributed by atoms with van der Waals surface area (Å²) in [6, 6.07) is 0. The van der Waals surface area contributed by atoms with Crippen molar-refractivity contribution in [2.45, 2.75) is 27.2 Å². The molecule has 0 aliphatic rings. The highest BCUT2D eigenvalue weighted by molar-refractivity contribution is 7.53. The predicted octanol–water partition coefficient (Wildman–Crippen LogP) is 2.86. The molecule has 0 fully saturated rings. The molecule has 3 nitrogen and oxygen atoms in total. The van der Waals surface area contributed by atoms with Crippen molar-refractivity contribution in [2.75, 3.05) is 33.0 Å². The molecule has 94 valence electrons. The normalized spacial score (nSPS) is 12.3. The number of nitrogens with zero attached hydrogens (tertiary/aromatic N) is 1. The fraction of sp³-hybridized carbons (Fsp3) is 0.750. The molecule has 0 aromatic rings. The van der Waals surface area contributed by atoms with Crippen LogP contribution in [-0.2, 0) is 9.32 Å². The zero-order valence-electron chi connectivity index (χ0n) is 11.1. The molecule has 0 aliphatic heterocycles. The minimum atomic E-state index is -0.556. The molecule has 0 aliphatic carbocycles. The quantitative estimate of drug-likeness (QED) is 0.510. The van der Waals surface area contributed by atoms with Crippen LogP contribution in [0.4, 0.5) is 0 Å². The van der Waals surface area contributed by atoms with Gasteiger partial charge in [0.05, 0.1) is 8.15 Å². The first-order chi connectivity index (χ1) is 7.51. The van der Waals surface area contributed by atoms with Crippen LogP contribution in [0.5, 0.6) is 0 Å². The molecule has 0 unspecified atom stereocenters. The van der Waals surface area contributed by atoms with E-state index in [9.17, 15) is 4.79 Å². The average Bonchev–Trinajstić information content (AvgIpc) is 2.24. The van der Waals surface area contributed by atoms with Crippen molar-refractivity contribution >= 4 is 14.1 Å². The highest BCUT2D eigenvalue weighted by atomic mass is 31.1. The molecule has 0 N–H and O–H groups in total. The monoisotopic (exact) mass is 245 g/mol. The SMILES string of the molecule is CCP(CC)OC(=O)C(C)=CCCN(C)C. The van der Waals surface area contributed by atoms with Gasteiger partial charge < -0.3 is 9.42 Å². The summed E-state index contributed by atoms with van der Waals surface area (Å²) < 4.78 is 5.41. The van der Waals surface area contributed by atoms with Gasteiger partial charge >= 0.3 is 5.97 Å². The third-order valence-electron chi connectivity index (χ3n) is 2.27. The lowest BCUT2D eigenvalue weighted by Gasteiger charge is -2.13. The Morgan fingerprint density at radius 1 is 1.31 bits per heavy atom. The van der Waals surface area contributed by atoms with Crippen molar-refractivity contribution in [3.8, 4) is 0 Å². The predicted molar refractivity (Wildman–Crippen MR) is 71.0 cm³/mol. The van der Waals surface area contributed by atoms with Gasteiger partial charge in [0.15, 0.2) is 0 Å². The van der Waals surface area contributed by atoms with Crippen LogP contribution in [-0.4, -0.2) is 43.8 Å². The Kier molecular flexibility index (Phi) is 8.50. The van der Waals surface area contributed by atoms with Crippen LogP contribution in [0.15, 0.2) is 11.6 Å². The largest absolute Gasteiger partial charge is 0.442 e. The molecule has 0 rings (SSSR count). The van der Waals surface area contributed by atoms with E-state index < -0.39 is 8.15 Å². The Morgan fingerprint density at radius 3 is 2.31 bits per heavy atom. The highest BCUT2D eigenvalue weighted by Gasteiger charge is 2.11. The lowest BCUT2D eigenvalue weighted by Crippen LogP contribution is -2.12. The van der Waals surface area contributed by atoms with Gasteiger partial charge in [-0.2, -0.15) is 0 Å². The van der Waals surface area contributed by atoms with Gasteiger partial charge in [0.1, 0.15) is 0 Å². The number of hydrogen-bond donors (Lipinski definition) is 0. The second kappa shape index (κ2) is 8.72. The summed E-state index contributed by atoms with van der Waals surface area (Å²) in [5, 5.41) is 0. The van der Waals surface area contributed by atoms with Crippen molar-refractivity contribution < 1.29 is 9.32 Å². The lowest BCUT2D eigenvalue weighted by molar-refractivity contribution is -0.129. The van der Waals surface area contributed by atoms with Crippen LogP contribution in [0.25, 0.3) is 0 Å². The first-order valence-corrected chi connectivity index (χ1v) is 7.43. The summed E-state index contributed by atoms with van der Waals surface area (Å²) in [5.41, 5.74) is 0.733. The second-order valence-electron chi connectivity index (χ2n) is 3.97. The van der Waals surface area contributed by atoms with Gasteiger partial charge in [-0.05, 0) is 27.4 Å². The van der Waals surface area contributed by atoms with E-state index in [0.29, 0.717) is 0 Å². The maximum absolute atomic E-state index is 11.7. The summed E-state index contributed by atoms with van der Waals surface area (Å²) in [6.45, 7) is 6.92. The maximum Gasteiger partial charge on any atom is 0.336 e. The number of carbonyl (C=O) groups excluding carboxylic acids is 1. The third kappa shape index (κ3) is 6.97. The van der Waals surface area contributed by atoms with Crippen molar-refractivity contribution in [3.63, 3.8) is 0 Å². The number of carbonyl (C=O) groups is 1. The summed E-state index contributed by atoms with van der Waals surface area (Å²) in [4.78, 5) is 13.8. The van der Waals surface area contributed by atoms with Gasteiger partial charge in [-0.15, -0.1) is 0 Å². The molecular formula is C12H24NO2P. The van der Waals surface area contributed by atoms with E-state index in [1.165, 1.54) is 0 Å². The molecule has 0 amide bonds. The first-order valence-electron chi connectivity index (χ1n) is 5.80. The van der Waals surface area contributed by atoms with Crippen molar-refractivity contribution in [2.24, 2.45) is 0 Å². The van der Waals surface area contributed by atoms with Crippen molar-refractivity contribution in [1.82, 2.24) is 4.90 Å². The Balaban J connectivity index is 4.06. The van der Waals surface area contributed by atoms with E-state index in [0.717, 1.165) is 30.9 Å². The second-order valence-corrected chi connectivity index (χ2v) is 6.38. The first kappa shape index (κ1) is 15.6. The smallest absolute Gasteiger partial charge is 0.336 e. The molecule has 0 saturated heterocycles. The summed E-state index contributed by atoms with van der Waals surface area (Å²) in [7, 11) is 3.49. The number of rotatable bonds is 7. The van der Waals surface area contributed by atoms with Gasteiger partial charge in [-0.3, -0.25) is 0 Å². The molecule has 0 aromatic heterocycles. The van der Waals surface area contributed by atoms with Gasteiger partial charge in [-0.25, -0.2) is 4.79 Å². The fourth-order valence-electron chi connectivity index (χ4n) is 1.16. The highest BCUT2D eigenvalue weighted by Crippen LogP contribution is 2.36. The van der Waals surface area contributed by atoms with E-state index >= 15 is 0 Å². The summed E-state index contributed by atoms with van der Waals surface area (Å²) >= 11 is 0. The van der Waals surface area contributed by atoms with Gasteiger partial charge in [0, 0.05) is 24.4 Å². The van der Waals surface area contributed by atoms with Crippen LogP contribution in [0.3, 0.4) is 0 Å². The minimum absolute atomic E-state index is 0.145. The van der Waals surface area contributed by atoms with Crippen LogP contribution in [0.2, 0.25) is 0 Å². The van der Waals surface area contributed by atoms with Crippen LogP contribution in [0, 0.1) is 0 Å². The standard InChI is InChI=1S/C12H24NO2P/c1-6-16(7-2)15-12(14)11(3)9-8-10-13(4)5/h9H,6-8,10H2,1-5H3. The topological polar surface area (TPSA) is 29.5 Å². The Bertz CT molecular complexity index is 235. The van der Waals surface area contributed by atoms with Crippen molar-refractivity contribution in [3.05, 3.63) is 11.6 Å². The molecule has 0 heterocycles. The molecule has 0 aromatic carbocycles. The fourth-order valence-corrected chi connectivity index (χ4v) is 2.25. The molecule has 16 heavy (non-hydrogen) atoms. The minimum Gasteiger partial charge on any atom is -0.442 e. The zero-order valence-corrected chi connectivity index (χ0v) is 12.0. The van der Waals surface area contributed by atoms with Crippen LogP contribution in [0.1, 0.15) is 27.2 Å². The molecular weight excluding hydrogens is 221 g/mol. The van der Waals surface area contributed by atoms with Gasteiger partial charge in [0.2, 0.25) is 0 Å². The van der Waals surface area contributed by atoms with E-state index in [4.69, 9.17) is 4.52 Å². The van der Waals surface area contributed by atoms with Gasteiger partial charge in [-0.1, -0.05) is 19.9 Å². The zero-order chi connectivity index (χ0) is 12.6. The molecule has 0 bridgehead atoms. The van der Waals surface area contributed by atoms with E-state index in [1.807, 2.05) is 27.1 Å².